The molecule has 0 bridgehead atoms. The fraction of sp³-hybridized carbons (Fsp3) is 0.250. The molecule has 3 aromatic rings. The van der Waals surface area contributed by atoms with Crippen molar-refractivity contribution in [2.75, 3.05) is 19.1 Å². The van der Waals surface area contributed by atoms with Crippen LogP contribution in [-0.2, 0) is 9.53 Å². The number of nitrogens with one attached hydrogen (secondary N) is 1. The van der Waals surface area contributed by atoms with E-state index in [1.807, 2.05) is 6.26 Å². The second kappa shape index (κ2) is 9.57. The number of carbonyl (C=O) groups excluding carboxylic acids is 2. The predicted molar refractivity (Wildman–Crippen MR) is 109 cm³/mol. The molecule has 0 fully saturated rings. The summed E-state index contributed by atoms with van der Waals surface area (Å²) in [6.45, 7) is 0. The van der Waals surface area contributed by atoms with Crippen molar-refractivity contribution >= 4 is 23.6 Å². The van der Waals surface area contributed by atoms with E-state index in [0.29, 0.717) is 12.2 Å². The Morgan fingerprint density at radius 1 is 1.27 bits per heavy atom. The largest absolute Gasteiger partial charge is 0.467 e. The van der Waals surface area contributed by atoms with E-state index in [-0.39, 0.29) is 17.1 Å². The first-order chi connectivity index (χ1) is 14.5. The maximum Gasteiger partial charge on any atom is 0.328 e. The molecule has 0 aliphatic carbocycles. The van der Waals surface area contributed by atoms with Crippen molar-refractivity contribution in [2.24, 2.45) is 0 Å². The maximum absolute atomic E-state index is 14.4. The zero-order valence-corrected chi connectivity index (χ0v) is 17.2. The fourth-order valence-corrected chi connectivity index (χ4v) is 3.39. The van der Waals surface area contributed by atoms with Gasteiger partial charge < -0.3 is 14.6 Å². The molecule has 2 heterocycles. The molecule has 0 saturated heterocycles. The minimum absolute atomic E-state index is 0.0222. The lowest BCUT2D eigenvalue weighted by atomic mass is 10.2. The van der Waals surface area contributed by atoms with Crippen LogP contribution in [0, 0.1) is 11.6 Å². The Morgan fingerprint density at radius 2 is 2.00 bits per heavy atom. The first kappa shape index (κ1) is 21.6. The number of ether oxygens (including phenoxy) is 1. The van der Waals surface area contributed by atoms with Crippen LogP contribution in [0.3, 0.4) is 0 Å². The first-order valence-electron chi connectivity index (χ1n) is 9.00. The molecule has 7 nitrogen and oxygen atoms in total. The SMILES string of the molecule is COC(=O)[C@@H](CCSC)NC(=O)c1cnn(-c2ccc(F)cc2F)c1-n1cccc1. The van der Waals surface area contributed by atoms with Crippen LogP contribution in [-0.4, -0.2) is 51.4 Å². The highest BCUT2D eigenvalue weighted by molar-refractivity contribution is 7.98. The summed E-state index contributed by atoms with van der Waals surface area (Å²) < 4.78 is 35.3. The number of thioether (sulfide) groups is 1. The number of carbonyl (C=O) groups is 2. The van der Waals surface area contributed by atoms with E-state index in [1.165, 1.54) is 35.8 Å². The quantitative estimate of drug-likeness (QED) is 0.552. The van der Waals surface area contributed by atoms with Crippen molar-refractivity contribution in [2.45, 2.75) is 12.5 Å². The minimum atomic E-state index is -0.835. The third-order valence-electron chi connectivity index (χ3n) is 4.38. The zero-order valence-electron chi connectivity index (χ0n) is 16.3. The number of halogens is 2. The van der Waals surface area contributed by atoms with Gasteiger partial charge in [0.25, 0.3) is 5.91 Å². The Balaban J connectivity index is 2.02. The summed E-state index contributed by atoms with van der Waals surface area (Å²) >= 11 is 1.53. The predicted octanol–water partition coefficient (Wildman–Crippen LogP) is 2.97. The second-order valence-electron chi connectivity index (χ2n) is 6.31. The van der Waals surface area contributed by atoms with Gasteiger partial charge in [0.15, 0.2) is 11.6 Å². The molecule has 0 unspecified atom stereocenters. The summed E-state index contributed by atoms with van der Waals surface area (Å²) in [5.41, 5.74) is 0.0963. The number of esters is 1. The van der Waals surface area contributed by atoms with Crippen LogP contribution in [0.4, 0.5) is 8.78 Å². The van der Waals surface area contributed by atoms with E-state index in [9.17, 15) is 18.4 Å². The molecule has 0 radical (unpaired) electrons. The smallest absolute Gasteiger partial charge is 0.328 e. The van der Waals surface area contributed by atoms with E-state index >= 15 is 0 Å². The van der Waals surface area contributed by atoms with Crippen LogP contribution in [0.2, 0.25) is 0 Å². The van der Waals surface area contributed by atoms with E-state index in [1.54, 1.807) is 29.1 Å². The molecule has 3 rings (SSSR count). The van der Waals surface area contributed by atoms with Crippen LogP contribution in [0.15, 0.2) is 48.9 Å². The van der Waals surface area contributed by atoms with E-state index in [4.69, 9.17) is 4.74 Å². The van der Waals surface area contributed by atoms with Gasteiger partial charge in [-0.15, -0.1) is 0 Å². The summed E-state index contributed by atoms with van der Waals surface area (Å²) in [7, 11) is 1.25. The fourth-order valence-electron chi connectivity index (χ4n) is 2.92. The highest BCUT2D eigenvalue weighted by Gasteiger charge is 2.26. The molecular formula is C20H20F2N4O3S. The second-order valence-corrected chi connectivity index (χ2v) is 7.30. The van der Waals surface area contributed by atoms with Gasteiger partial charge in [-0.1, -0.05) is 0 Å². The molecular weight excluding hydrogens is 414 g/mol. The number of rotatable bonds is 8. The van der Waals surface area contributed by atoms with Gasteiger partial charge in [-0.3, -0.25) is 4.79 Å². The number of aromatic nitrogens is 3. The van der Waals surface area contributed by atoms with E-state index in [0.717, 1.165) is 12.1 Å². The van der Waals surface area contributed by atoms with Gasteiger partial charge in [0.2, 0.25) is 0 Å². The number of amides is 1. The summed E-state index contributed by atoms with van der Waals surface area (Å²) in [6.07, 6.45) is 6.88. The van der Waals surface area contributed by atoms with Gasteiger partial charge in [0.1, 0.15) is 23.1 Å². The average molecular weight is 434 g/mol. The Kier molecular flexibility index (Phi) is 6.88. The van der Waals surface area contributed by atoms with E-state index < -0.39 is 29.6 Å². The van der Waals surface area contributed by atoms with Gasteiger partial charge in [-0.05, 0) is 42.7 Å². The number of hydrogen-bond acceptors (Lipinski definition) is 5. The van der Waals surface area contributed by atoms with Crippen molar-refractivity contribution in [3.8, 4) is 11.5 Å². The Morgan fingerprint density at radius 3 is 2.63 bits per heavy atom. The van der Waals surface area contributed by atoms with Crippen LogP contribution < -0.4 is 5.32 Å². The summed E-state index contributed by atoms with van der Waals surface area (Å²) in [5.74, 6) is -1.79. The van der Waals surface area contributed by atoms with Gasteiger partial charge in [-0.25, -0.2) is 18.3 Å². The molecule has 30 heavy (non-hydrogen) atoms. The Labute approximate surface area is 176 Å². The average Bonchev–Trinajstić information content (AvgIpc) is 3.39. The number of hydrogen-bond donors (Lipinski definition) is 1. The molecule has 1 amide bonds. The molecule has 0 saturated carbocycles. The molecule has 0 aliphatic rings. The highest BCUT2D eigenvalue weighted by Crippen LogP contribution is 2.22. The van der Waals surface area contributed by atoms with Crippen LogP contribution >= 0.6 is 11.8 Å². The third kappa shape index (κ3) is 4.54. The molecule has 10 heteroatoms. The molecule has 158 valence electrons. The van der Waals surface area contributed by atoms with Crippen LogP contribution in [0.25, 0.3) is 11.5 Å². The van der Waals surface area contributed by atoms with Crippen LogP contribution in [0.5, 0.6) is 0 Å². The van der Waals surface area contributed by atoms with Crippen molar-refractivity contribution in [3.05, 3.63) is 66.1 Å². The number of benzene rings is 1. The number of methoxy groups -OCH3 is 1. The van der Waals surface area contributed by atoms with Crippen molar-refractivity contribution in [1.29, 1.82) is 0 Å². The molecule has 0 aliphatic heterocycles. The lowest BCUT2D eigenvalue weighted by molar-refractivity contribution is -0.142. The monoisotopic (exact) mass is 434 g/mol. The molecule has 2 aromatic heterocycles. The topological polar surface area (TPSA) is 78.2 Å². The van der Waals surface area contributed by atoms with Crippen molar-refractivity contribution in [3.63, 3.8) is 0 Å². The van der Waals surface area contributed by atoms with Crippen LogP contribution in [0.1, 0.15) is 16.8 Å². The van der Waals surface area contributed by atoms with E-state index in [2.05, 4.69) is 10.4 Å². The van der Waals surface area contributed by atoms with Gasteiger partial charge in [0, 0.05) is 18.5 Å². The Hall–Kier alpha value is -3.14. The summed E-state index contributed by atoms with van der Waals surface area (Å²) in [6, 6.07) is 5.72. The normalized spacial score (nSPS) is 11.9. The lowest BCUT2D eigenvalue weighted by Gasteiger charge is -2.17. The highest BCUT2D eigenvalue weighted by atomic mass is 32.2. The van der Waals surface area contributed by atoms with Gasteiger partial charge >= 0.3 is 5.97 Å². The first-order valence-corrected chi connectivity index (χ1v) is 10.4. The zero-order chi connectivity index (χ0) is 21.7. The summed E-state index contributed by atoms with van der Waals surface area (Å²) in [5, 5.41) is 6.80. The third-order valence-corrected chi connectivity index (χ3v) is 5.02. The maximum atomic E-state index is 14.4. The molecule has 0 spiro atoms. The standard InChI is InChI=1S/C20H20F2N4O3S/c1-29-20(28)16(7-10-30-2)24-18(27)14-12-23-26(19(14)25-8-3-4-9-25)17-6-5-13(21)11-15(17)22/h3-6,8-9,11-12,16H,7,10H2,1-2H3,(H,24,27)/t16-/m1/s1. The van der Waals surface area contributed by atoms with Gasteiger partial charge in [0.05, 0.1) is 13.3 Å². The molecule has 1 atom stereocenters. The minimum Gasteiger partial charge on any atom is -0.467 e. The summed E-state index contributed by atoms with van der Waals surface area (Å²) in [4.78, 5) is 25.0. The Bertz CT molecular complexity index is 1040. The van der Waals surface area contributed by atoms with Crippen molar-refractivity contribution < 1.29 is 23.1 Å². The van der Waals surface area contributed by atoms with Crippen molar-refractivity contribution in [1.82, 2.24) is 19.7 Å². The van der Waals surface area contributed by atoms with Gasteiger partial charge in [-0.2, -0.15) is 16.9 Å². The number of nitrogens with zero attached hydrogens (tertiary/aromatic N) is 3. The lowest BCUT2D eigenvalue weighted by Crippen LogP contribution is -2.42. The molecule has 1 N–H and O–H groups in total. The molecule has 1 aromatic carbocycles.